The van der Waals surface area contributed by atoms with Gasteiger partial charge in [-0.05, 0) is 37.5 Å². The number of aliphatic hydroxyl groups is 1. The molecule has 1 aromatic heterocycles. The number of piperazine rings is 1. The summed E-state index contributed by atoms with van der Waals surface area (Å²) in [6.45, 7) is 7.92. The van der Waals surface area contributed by atoms with Crippen molar-refractivity contribution in [3.8, 4) is 0 Å². The molecule has 3 aliphatic heterocycles. The lowest BCUT2D eigenvalue weighted by Gasteiger charge is -2.45. The van der Waals surface area contributed by atoms with E-state index in [0.717, 1.165) is 29.9 Å². The Balaban J connectivity index is 1.41. The minimum Gasteiger partial charge on any atom is -0.395 e. The summed E-state index contributed by atoms with van der Waals surface area (Å²) in [5, 5.41) is 16.6. The van der Waals surface area contributed by atoms with Gasteiger partial charge < -0.3 is 30.4 Å². The maximum atomic E-state index is 14.2. The van der Waals surface area contributed by atoms with E-state index in [0.29, 0.717) is 30.5 Å². The predicted octanol–water partition coefficient (Wildman–Crippen LogP) is 2.23. The summed E-state index contributed by atoms with van der Waals surface area (Å²) in [5.74, 6) is 0.840. The number of carbonyl (C=O) groups excluding carboxylic acids is 2. The van der Waals surface area contributed by atoms with Crippen LogP contribution < -0.4 is 20.4 Å². The van der Waals surface area contributed by atoms with Crippen molar-refractivity contribution < 1.29 is 14.7 Å². The van der Waals surface area contributed by atoms with E-state index in [1.165, 1.54) is 6.33 Å². The predicted molar refractivity (Wildman–Crippen MR) is 148 cm³/mol. The third-order valence-electron chi connectivity index (χ3n) is 7.71. The van der Waals surface area contributed by atoms with Crippen molar-refractivity contribution in [3.63, 3.8) is 0 Å². The highest BCUT2D eigenvalue weighted by Gasteiger charge is 2.46. The molecule has 4 unspecified atom stereocenters. The lowest BCUT2D eigenvalue weighted by Crippen LogP contribution is -2.59. The summed E-state index contributed by atoms with van der Waals surface area (Å²) in [5.41, 5.74) is 1.69. The number of aromatic nitrogens is 2. The van der Waals surface area contributed by atoms with Crippen LogP contribution in [0, 0.1) is 0 Å². The second kappa shape index (κ2) is 11.0. The van der Waals surface area contributed by atoms with E-state index in [-0.39, 0.29) is 55.1 Å². The van der Waals surface area contributed by atoms with Gasteiger partial charge in [0.1, 0.15) is 12.0 Å². The second-order valence-electron chi connectivity index (χ2n) is 10.8. The number of carbonyl (C=O) groups is 2. The summed E-state index contributed by atoms with van der Waals surface area (Å²) < 4.78 is 0. The molecular formula is C27H36ClN7O3. The van der Waals surface area contributed by atoms with Gasteiger partial charge in [-0.3, -0.25) is 9.59 Å². The smallest absolute Gasteiger partial charge is 0.245 e. The van der Waals surface area contributed by atoms with Crippen molar-refractivity contribution in [1.29, 1.82) is 0 Å². The molecule has 2 fully saturated rings. The van der Waals surface area contributed by atoms with Gasteiger partial charge in [0.15, 0.2) is 11.6 Å². The third-order valence-corrected chi connectivity index (χ3v) is 7.96. The van der Waals surface area contributed by atoms with Crippen LogP contribution in [-0.4, -0.2) is 88.7 Å². The number of anilines is 3. The SMILES string of the molecule is CC(C)NC(C)C(C(=O)N1C2CCC1CN(c1ncnc3c1N(CCO)CC(=O)N3)C2)c1ccc(Cl)cc1. The van der Waals surface area contributed by atoms with Crippen LogP contribution in [-0.2, 0) is 9.59 Å². The first-order chi connectivity index (χ1) is 18.3. The Kier molecular flexibility index (Phi) is 7.74. The summed E-state index contributed by atoms with van der Waals surface area (Å²) in [6.07, 6.45) is 3.32. The summed E-state index contributed by atoms with van der Waals surface area (Å²) in [7, 11) is 0. The van der Waals surface area contributed by atoms with Gasteiger partial charge in [0.25, 0.3) is 0 Å². The van der Waals surface area contributed by atoms with E-state index in [4.69, 9.17) is 11.6 Å². The molecule has 0 saturated carbocycles. The molecule has 38 heavy (non-hydrogen) atoms. The molecule has 1 aromatic carbocycles. The van der Waals surface area contributed by atoms with Crippen LogP contribution in [0.4, 0.5) is 17.3 Å². The number of amides is 2. The zero-order valence-electron chi connectivity index (χ0n) is 22.1. The minimum absolute atomic E-state index is 0.0503. The highest BCUT2D eigenvalue weighted by atomic mass is 35.5. The third kappa shape index (κ3) is 5.17. The van der Waals surface area contributed by atoms with E-state index in [9.17, 15) is 14.7 Å². The maximum Gasteiger partial charge on any atom is 0.245 e. The number of rotatable bonds is 8. The number of nitrogens with zero attached hydrogens (tertiary/aromatic N) is 5. The molecule has 4 atom stereocenters. The molecule has 0 aliphatic carbocycles. The van der Waals surface area contributed by atoms with Crippen LogP contribution >= 0.6 is 11.6 Å². The number of hydrogen-bond acceptors (Lipinski definition) is 8. The van der Waals surface area contributed by atoms with Gasteiger partial charge in [0.2, 0.25) is 11.8 Å². The maximum absolute atomic E-state index is 14.2. The number of halogens is 1. The Labute approximate surface area is 228 Å². The lowest BCUT2D eigenvalue weighted by molar-refractivity contribution is -0.137. The Bertz CT molecular complexity index is 1160. The Morgan fingerprint density at radius 2 is 1.84 bits per heavy atom. The first-order valence-electron chi connectivity index (χ1n) is 13.4. The van der Waals surface area contributed by atoms with Gasteiger partial charge in [-0.1, -0.05) is 37.6 Å². The Morgan fingerprint density at radius 1 is 1.16 bits per heavy atom. The average Bonchev–Trinajstić information content (AvgIpc) is 3.13. The lowest BCUT2D eigenvalue weighted by atomic mass is 9.89. The normalized spacial score (nSPS) is 22.4. The fraction of sp³-hybridized carbons (Fsp3) is 0.556. The van der Waals surface area contributed by atoms with Crippen LogP contribution in [0.15, 0.2) is 30.6 Å². The van der Waals surface area contributed by atoms with Crippen LogP contribution in [0.2, 0.25) is 5.02 Å². The molecular weight excluding hydrogens is 506 g/mol. The number of nitrogens with one attached hydrogen (secondary N) is 2. The van der Waals surface area contributed by atoms with Gasteiger partial charge in [0, 0.05) is 48.8 Å². The van der Waals surface area contributed by atoms with E-state index in [1.54, 1.807) is 0 Å². The number of fused-ring (bicyclic) bond motifs is 3. The van der Waals surface area contributed by atoms with Crippen molar-refractivity contribution in [2.75, 3.05) is 47.9 Å². The second-order valence-corrected chi connectivity index (χ2v) is 11.2. The van der Waals surface area contributed by atoms with Gasteiger partial charge in [-0.25, -0.2) is 9.97 Å². The standard InChI is InChI=1S/C27H36ClN7O3/c1-16(2)31-17(3)23(18-4-6-19(28)7-5-18)27(38)35-20-8-9-21(35)13-34(12-20)26-24-25(29-15-30-26)32-22(37)14-33(24)10-11-36/h4-7,15-17,20-21,23,31,36H,8-14H2,1-3H3,(H,29,30,32,37). The molecule has 2 aromatic rings. The van der Waals surface area contributed by atoms with Crippen molar-refractivity contribution in [2.24, 2.45) is 0 Å². The Hall–Kier alpha value is -2.95. The first kappa shape index (κ1) is 26.6. The van der Waals surface area contributed by atoms with E-state index < -0.39 is 0 Å². The average molecular weight is 542 g/mol. The number of benzene rings is 1. The van der Waals surface area contributed by atoms with Crippen molar-refractivity contribution >= 4 is 40.7 Å². The molecule has 0 spiro atoms. The highest BCUT2D eigenvalue weighted by Crippen LogP contribution is 2.41. The molecule has 0 radical (unpaired) electrons. The summed E-state index contributed by atoms with van der Waals surface area (Å²) in [6, 6.07) is 7.91. The number of aliphatic hydroxyl groups excluding tert-OH is 1. The van der Waals surface area contributed by atoms with Crippen molar-refractivity contribution in [3.05, 3.63) is 41.2 Å². The first-order valence-corrected chi connectivity index (χ1v) is 13.7. The van der Waals surface area contributed by atoms with Crippen molar-refractivity contribution in [2.45, 2.75) is 63.7 Å². The molecule has 10 nitrogen and oxygen atoms in total. The molecule has 204 valence electrons. The molecule has 2 amide bonds. The Morgan fingerprint density at radius 3 is 2.47 bits per heavy atom. The zero-order valence-corrected chi connectivity index (χ0v) is 22.9. The van der Waals surface area contributed by atoms with Gasteiger partial charge >= 0.3 is 0 Å². The largest absolute Gasteiger partial charge is 0.395 e. The quantitative estimate of drug-likeness (QED) is 0.466. The number of hydrogen-bond donors (Lipinski definition) is 3. The van der Waals surface area contributed by atoms with Gasteiger partial charge in [0.05, 0.1) is 19.1 Å². The number of β-amino-alcohol motifs (C(OH)–C–C–N with tert-alkyl or cyclic N) is 1. The summed E-state index contributed by atoms with van der Waals surface area (Å²) >= 11 is 6.16. The van der Waals surface area contributed by atoms with E-state index in [2.05, 4.69) is 51.2 Å². The van der Waals surface area contributed by atoms with Crippen molar-refractivity contribution in [1.82, 2.24) is 20.2 Å². The molecule has 3 N–H and O–H groups in total. The van der Waals surface area contributed by atoms with Crippen LogP contribution in [0.25, 0.3) is 0 Å². The zero-order chi connectivity index (χ0) is 27.0. The van der Waals surface area contributed by atoms with Crippen LogP contribution in [0.5, 0.6) is 0 Å². The van der Waals surface area contributed by atoms with E-state index >= 15 is 0 Å². The summed E-state index contributed by atoms with van der Waals surface area (Å²) in [4.78, 5) is 41.5. The monoisotopic (exact) mass is 541 g/mol. The van der Waals surface area contributed by atoms with Crippen LogP contribution in [0.1, 0.15) is 45.1 Å². The molecule has 2 bridgehead atoms. The van der Waals surface area contributed by atoms with Gasteiger partial charge in [-0.2, -0.15) is 0 Å². The van der Waals surface area contributed by atoms with E-state index in [1.807, 2.05) is 29.2 Å². The van der Waals surface area contributed by atoms with Crippen LogP contribution in [0.3, 0.4) is 0 Å². The fourth-order valence-electron chi connectivity index (χ4n) is 6.25. The minimum atomic E-state index is -0.327. The van der Waals surface area contributed by atoms with Gasteiger partial charge in [-0.15, -0.1) is 0 Å². The molecule has 2 saturated heterocycles. The molecule has 3 aliphatic rings. The topological polar surface area (TPSA) is 114 Å². The molecule has 5 rings (SSSR count). The fourth-order valence-corrected chi connectivity index (χ4v) is 6.38. The molecule has 11 heteroatoms. The molecule has 4 heterocycles. The highest BCUT2D eigenvalue weighted by molar-refractivity contribution is 6.30.